The van der Waals surface area contributed by atoms with Gasteiger partial charge in [0.2, 0.25) is 0 Å². The highest BCUT2D eigenvalue weighted by molar-refractivity contribution is 8.00. The van der Waals surface area contributed by atoms with Gasteiger partial charge in [0, 0.05) is 11.3 Å². The van der Waals surface area contributed by atoms with E-state index in [0.29, 0.717) is 12.1 Å². The number of aliphatic imine (C=N–C) groups is 1. The molecule has 2 aromatic carbocycles. The number of carboxylic acid groups (broad SMARTS) is 1. The Bertz CT molecular complexity index is 712. The van der Waals surface area contributed by atoms with Gasteiger partial charge in [0.25, 0.3) is 0 Å². The standard InChI is InChI=1S/C16H12FNO2S/c17-11-7-5-10(6-8-11)13-9-15(16(19)20)21-14-4-2-1-3-12(14)18-13/h1-8,15H,9H2,(H,19,20). The fraction of sp³-hybridized carbons (Fsp3) is 0.125. The molecule has 5 heteroatoms. The molecule has 106 valence electrons. The SMILES string of the molecule is O=C(O)C1CC(c2ccc(F)cc2)=Nc2ccccc2S1. The van der Waals surface area contributed by atoms with Gasteiger partial charge in [0.15, 0.2) is 0 Å². The molecule has 1 heterocycles. The fourth-order valence-corrected chi connectivity index (χ4v) is 3.21. The van der Waals surface area contributed by atoms with Crippen LogP contribution in [0.4, 0.5) is 10.1 Å². The van der Waals surface area contributed by atoms with E-state index >= 15 is 0 Å². The van der Waals surface area contributed by atoms with Crippen molar-refractivity contribution in [2.45, 2.75) is 16.6 Å². The van der Waals surface area contributed by atoms with Crippen LogP contribution >= 0.6 is 11.8 Å². The lowest BCUT2D eigenvalue weighted by molar-refractivity contribution is -0.136. The van der Waals surface area contributed by atoms with Gasteiger partial charge in [0.05, 0.1) is 11.4 Å². The first kappa shape index (κ1) is 13.8. The third-order valence-electron chi connectivity index (χ3n) is 3.22. The van der Waals surface area contributed by atoms with Crippen molar-refractivity contribution in [2.75, 3.05) is 0 Å². The van der Waals surface area contributed by atoms with Crippen molar-refractivity contribution in [1.82, 2.24) is 0 Å². The van der Waals surface area contributed by atoms with Gasteiger partial charge in [-0.3, -0.25) is 9.79 Å². The summed E-state index contributed by atoms with van der Waals surface area (Å²) in [7, 11) is 0. The smallest absolute Gasteiger partial charge is 0.317 e. The Morgan fingerprint density at radius 2 is 1.90 bits per heavy atom. The van der Waals surface area contributed by atoms with E-state index in [-0.39, 0.29) is 5.82 Å². The fourth-order valence-electron chi connectivity index (χ4n) is 2.17. The number of rotatable bonds is 2. The van der Waals surface area contributed by atoms with E-state index in [1.165, 1.54) is 23.9 Å². The molecule has 1 aliphatic rings. The normalized spacial score (nSPS) is 17.6. The maximum atomic E-state index is 13.0. The average Bonchev–Trinajstić information content (AvgIpc) is 2.67. The monoisotopic (exact) mass is 301 g/mol. The summed E-state index contributed by atoms with van der Waals surface area (Å²) in [5, 5.41) is 8.76. The van der Waals surface area contributed by atoms with Crippen LogP contribution in [0.2, 0.25) is 0 Å². The summed E-state index contributed by atoms with van der Waals surface area (Å²) in [4.78, 5) is 16.8. The Morgan fingerprint density at radius 1 is 1.19 bits per heavy atom. The number of nitrogens with zero attached hydrogens (tertiary/aromatic N) is 1. The second-order valence-corrected chi connectivity index (χ2v) is 5.93. The molecule has 1 aliphatic heterocycles. The van der Waals surface area contributed by atoms with Crippen LogP contribution in [-0.4, -0.2) is 22.0 Å². The molecule has 0 amide bonds. The van der Waals surface area contributed by atoms with Crippen molar-refractivity contribution < 1.29 is 14.3 Å². The summed E-state index contributed by atoms with van der Waals surface area (Å²) in [6.07, 6.45) is 0.306. The summed E-state index contributed by atoms with van der Waals surface area (Å²) < 4.78 is 13.0. The molecule has 2 aromatic rings. The topological polar surface area (TPSA) is 49.7 Å². The lowest BCUT2D eigenvalue weighted by Crippen LogP contribution is -2.20. The minimum Gasteiger partial charge on any atom is -0.480 e. The van der Waals surface area contributed by atoms with Crippen molar-refractivity contribution in [3.05, 3.63) is 59.9 Å². The van der Waals surface area contributed by atoms with Gasteiger partial charge in [-0.25, -0.2) is 4.39 Å². The Kier molecular flexibility index (Phi) is 3.75. The molecule has 0 saturated carbocycles. The van der Waals surface area contributed by atoms with Crippen LogP contribution in [-0.2, 0) is 4.79 Å². The van der Waals surface area contributed by atoms with E-state index in [2.05, 4.69) is 4.99 Å². The Balaban J connectivity index is 2.07. The van der Waals surface area contributed by atoms with Crippen LogP contribution in [0.1, 0.15) is 12.0 Å². The molecule has 0 fully saturated rings. The number of benzene rings is 2. The number of para-hydroxylation sites is 1. The Hall–Kier alpha value is -2.14. The summed E-state index contributed by atoms with van der Waals surface area (Å²) >= 11 is 1.30. The molecule has 0 radical (unpaired) electrons. The number of hydrogen-bond acceptors (Lipinski definition) is 3. The molecule has 0 spiro atoms. The molecule has 1 atom stereocenters. The lowest BCUT2D eigenvalue weighted by atomic mass is 10.1. The Morgan fingerprint density at radius 3 is 2.62 bits per heavy atom. The predicted molar refractivity (Wildman–Crippen MR) is 80.9 cm³/mol. The van der Waals surface area contributed by atoms with E-state index in [0.717, 1.165) is 16.1 Å². The van der Waals surface area contributed by atoms with Crippen molar-refractivity contribution >= 4 is 29.1 Å². The van der Waals surface area contributed by atoms with E-state index in [1.807, 2.05) is 24.3 Å². The zero-order valence-corrected chi connectivity index (χ0v) is 11.8. The van der Waals surface area contributed by atoms with Crippen molar-refractivity contribution in [3.63, 3.8) is 0 Å². The number of thioether (sulfide) groups is 1. The van der Waals surface area contributed by atoms with E-state index in [9.17, 15) is 14.3 Å². The predicted octanol–water partition coefficient (Wildman–Crippen LogP) is 3.90. The van der Waals surface area contributed by atoms with Gasteiger partial charge >= 0.3 is 5.97 Å². The quantitative estimate of drug-likeness (QED) is 0.915. The number of carboxylic acids is 1. The maximum absolute atomic E-state index is 13.0. The highest BCUT2D eigenvalue weighted by atomic mass is 32.2. The number of aliphatic carboxylic acids is 1. The van der Waals surface area contributed by atoms with Crippen LogP contribution in [0.15, 0.2) is 58.4 Å². The van der Waals surface area contributed by atoms with Crippen LogP contribution in [0.3, 0.4) is 0 Å². The third kappa shape index (κ3) is 2.97. The lowest BCUT2D eigenvalue weighted by Gasteiger charge is -2.10. The molecule has 3 rings (SSSR count). The summed E-state index contributed by atoms with van der Waals surface area (Å²) in [5.74, 6) is -1.19. The van der Waals surface area contributed by atoms with Crippen molar-refractivity contribution in [1.29, 1.82) is 0 Å². The zero-order valence-electron chi connectivity index (χ0n) is 11.0. The minimum absolute atomic E-state index is 0.306. The summed E-state index contributed by atoms with van der Waals surface area (Å²) in [5.41, 5.74) is 2.17. The van der Waals surface area contributed by atoms with Crippen molar-refractivity contribution in [3.8, 4) is 0 Å². The highest BCUT2D eigenvalue weighted by Gasteiger charge is 2.26. The van der Waals surface area contributed by atoms with Crippen LogP contribution in [0.5, 0.6) is 0 Å². The molecule has 3 nitrogen and oxygen atoms in total. The van der Waals surface area contributed by atoms with E-state index in [1.54, 1.807) is 12.1 Å². The van der Waals surface area contributed by atoms with E-state index in [4.69, 9.17) is 0 Å². The maximum Gasteiger partial charge on any atom is 0.317 e. The van der Waals surface area contributed by atoms with Gasteiger partial charge in [-0.1, -0.05) is 24.3 Å². The number of halogens is 1. The summed E-state index contributed by atoms with van der Waals surface area (Å²) in [6.45, 7) is 0. The molecule has 21 heavy (non-hydrogen) atoms. The van der Waals surface area contributed by atoms with Gasteiger partial charge < -0.3 is 5.11 Å². The molecule has 0 aliphatic carbocycles. The third-order valence-corrected chi connectivity index (χ3v) is 4.47. The number of hydrogen-bond donors (Lipinski definition) is 1. The molecular weight excluding hydrogens is 289 g/mol. The Labute approximate surface area is 125 Å². The van der Waals surface area contributed by atoms with Crippen LogP contribution in [0.25, 0.3) is 0 Å². The van der Waals surface area contributed by atoms with Crippen LogP contribution in [0, 0.1) is 5.82 Å². The molecule has 1 unspecified atom stereocenters. The van der Waals surface area contributed by atoms with Gasteiger partial charge in [0.1, 0.15) is 11.1 Å². The zero-order chi connectivity index (χ0) is 14.8. The second kappa shape index (κ2) is 5.69. The number of fused-ring (bicyclic) bond motifs is 1. The first-order valence-electron chi connectivity index (χ1n) is 6.45. The van der Waals surface area contributed by atoms with Crippen molar-refractivity contribution in [2.24, 2.45) is 4.99 Å². The van der Waals surface area contributed by atoms with E-state index < -0.39 is 11.2 Å². The van der Waals surface area contributed by atoms with Gasteiger partial charge in [-0.15, -0.1) is 11.8 Å². The van der Waals surface area contributed by atoms with Gasteiger partial charge in [-0.05, 0) is 29.8 Å². The molecule has 0 bridgehead atoms. The minimum atomic E-state index is -0.869. The summed E-state index contributed by atoms with van der Waals surface area (Å²) in [6, 6.07) is 13.4. The molecular formula is C16H12FNO2S. The average molecular weight is 301 g/mol. The molecule has 1 N–H and O–H groups in total. The highest BCUT2D eigenvalue weighted by Crippen LogP contribution is 2.37. The first-order chi connectivity index (χ1) is 10.1. The van der Waals surface area contributed by atoms with Crippen LogP contribution < -0.4 is 0 Å². The van der Waals surface area contributed by atoms with Gasteiger partial charge in [-0.2, -0.15) is 0 Å². The molecule has 0 aromatic heterocycles. The largest absolute Gasteiger partial charge is 0.480 e. The molecule has 0 saturated heterocycles. The second-order valence-electron chi connectivity index (χ2n) is 4.68. The number of carbonyl (C=O) groups is 1. The first-order valence-corrected chi connectivity index (χ1v) is 7.33.